The van der Waals surface area contributed by atoms with Crippen molar-refractivity contribution < 1.29 is 23.4 Å². The maximum Gasteiger partial charge on any atom is 0.246 e. The molecule has 39 heavy (non-hydrogen) atoms. The van der Waals surface area contributed by atoms with Crippen molar-refractivity contribution in [3.8, 4) is 5.75 Å². The smallest absolute Gasteiger partial charge is 0.246 e. The predicted octanol–water partition coefficient (Wildman–Crippen LogP) is 3.57. The summed E-state index contributed by atoms with van der Waals surface area (Å²) < 4.78 is 34.5. The Morgan fingerprint density at radius 1 is 1.15 bits per heavy atom. The van der Waals surface area contributed by atoms with Gasteiger partial charge in [-0.3, -0.25) is 14.4 Å². The molecule has 1 saturated heterocycles. The number of carbonyl (C=O) groups is 1. The van der Waals surface area contributed by atoms with Gasteiger partial charge < -0.3 is 20.5 Å². The topological polar surface area (TPSA) is 117 Å². The molecule has 0 saturated carbocycles. The Labute approximate surface area is 223 Å². The van der Waals surface area contributed by atoms with Crippen LogP contribution in [0.1, 0.15) is 12.8 Å². The second-order valence-electron chi connectivity index (χ2n) is 9.42. The van der Waals surface area contributed by atoms with Gasteiger partial charge in [0.15, 0.2) is 11.6 Å². The van der Waals surface area contributed by atoms with E-state index in [0.717, 1.165) is 43.9 Å². The Morgan fingerprint density at radius 2 is 2.00 bits per heavy atom. The molecular formula is C27H29F2N7O3. The summed E-state index contributed by atoms with van der Waals surface area (Å²) in [5, 5.41) is 19.7. The van der Waals surface area contributed by atoms with Crippen LogP contribution in [0.5, 0.6) is 5.75 Å². The van der Waals surface area contributed by atoms with Crippen LogP contribution in [0.4, 0.5) is 26.0 Å². The Balaban J connectivity index is 1.16. The monoisotopic (exact) mass is 537 g/mol. The van der Waals surface area contributed by atoms with Crippen LogP contribution in [0.15, 0.2) is 55.1 Å². The highest BCUT2D eigenvalue weighted by molar-refractivity contribution is 5.92. The lowest BCUT2D eigenvalue weighted by Gasteiger charge is -2.30. The molecule has 3 N–H and O–H groups in total. The summed E-state index contributed by atoms with van der Waals surface area (Å²) in [6.07, 6.45) is 6.62. The molecule has 2 aromatic heterocycles. The molecule has 4 aromatic rings. The lowest BCUT2D eigenvalue weighted by atomic mass is 9.98. The van der Waals surface area contributed by atoms with Gasteiger partial charge >= 0.3 is 0 Å². The van der Waals surface area contributed by atoms with Gasteiger partial charge in [0.25, 0.3) is 0 Å². The Morgan fingerprint density at radius 3 is 2.82 bits per heavy atom. The zero-order valence-corrected chi connectivity index (χ0v) is 21.2. The van der Waals surface area contributed by atoms with Gasteiger partial charge in [-0.15, -0.1) is 0 Å². The average molecular weight is 538 g/mol. The van der Waals surface area contributed by atoms with Gasteiger partial charge in [-0.2, -0.15) is 5.10 Å². The molecule has 5 rings (SSSR count). The molecule has 1 fully saturated rings. The van der Waals surface area contributed by atoms with Crippen LogP contribution in [0.25, 0.3) is 10.9 Å². The van der Waals surface area contributed by atoms with Gasteiger partial charge in [-0.1, -0.05) is 6.07 Å². The summed E-state index contributed by atoms with van der Waals surface area (Å²) >= 11 is 0. The average Bonchev–Trinajstić information content (AvgIpc) is 3.38. The third kappa shape index (κ3) is 6.65. The highest BCUT2D eigenvalue weighted by Gasteiger charge is 2.18. The number of anilines is 3. The van der Waals surface area contributed by atoms with E-state index in [-0.39, 0.29) is 18.8 Å². The molecule has 0 spiro atoms. The summed E-state index contributed by atoms with van der Waals surface area (Å²) in [5.41, 5.74) is 1.06. The summed E-state index contributed by atoms with van der Waals surface area (Å²) in [5.74, 6) is -1.02. The molecule has 0 bridgehead atoms. The van der Waals surface area contributed by atoms with Gasteiger partial charge in [0.1, 0.15) is 31.0 Å². The molecule has 0 radical (unpaired) electrons. The first-order chi connectivity index (χ1) is 19.0. The molecule has 10 nitrogen and oxygen atoms in total. The van der Waals surface area contributed by atoms with Gasteiger partial charge in [-0.05, 0) is 56.1 Å². The lowest BCUT2D eigenvalue weighted by molar-refractivity contribution is -0.116. The fourth-order valence-electron chi connectivity index (χ4n) is 4.50. The van der Waals surface area contributed by atoms with Crippen molar-refractivity contribution in [2.24, 2.45) is 5.92 Å². The van der Waals surface area contributed by atoms with Crippen molar-refractivity contribution in [1.82, 2.24) is 24.6 Å². The molecule has 1 amide bonds. The number of nitrogens with zero attached hydrogens (tertiary/aromatic N) is 5. The third-order valence-corrected chi connectivity index (χ3v) is 6.68. The van der Waals surface area contributed by atoms with E-state index in [1.54, 1.807) is 6.20 Å². The zero-order chi connectivity index (χ0) is 27.2. The maximum absolute atomic E-state index is 13.8. The highest BCUT2D eigenvalue weighted by Crippen LogP contribution is 2.26. The largest absolute Gasteiger partial charge is 0.492 e. The van der Waals surface area contributed by atoms with Crippen LogP contribution in [-0.4, -0.2) is 68.5 Å². The van der Waals surface area contributed by atoms with E-state index in [2.05, 4.69) is 30.6 Å². The van der Waals surface area contributed by atoms with Crippen LogP contribution in [-0.2, 0) is 11.3 Å². The molecule has 3 heterocycles. The normalized spacial score (nSPS) is 14.4. The number of likely N-dealkylation sites (tertiary alicyclic amines) is 1. The van der Waals surface area contributed by atoms with Crippen molar-refractivity contribution >= 4 is 34.0 Å². The predicted molar refractivity (Wildman–Crippen MR) is 142 cm³/mol. The van der Waals surface area contributed by atoms with Crippen LogP contribution in [0.3, 0.4) is 0 Å². The van der Waals surface area contributed by atoms with E-state index in [4.69, 9.17) is 4.74 Å². The molecule has 12 heteroatoms. The third-order valence-electron chi connectivity index (χ3n) is 6.68. The molecule has 0 atom stereocenters. The minimum atomic E-state index is -1.11. The minimum Gasteiger partial charge on any atom is -0.492 e. The highest BCUT2D eigenvalue weighted by atomic mass is 19.2. The SMILES string of the molecule is O=C(Cn1cc(Nc2ncnc3cc(OCCN4CCC(CO)CC4)ccc23)cn1)Nc1cccc(F)c1F. The number of aliphatic hydroxyl groups is 1. The first kappa shape index (κ1) is 26.4. The number of hydrogen-bond acceptors (Lipinski definition) is 8. The fourth-order valence-corrected chi connectivity index (χ4v) is 4.50. The van der Waals surface area contributed by atoms with E-state index in [1.165, 1.54) is 29.3 Å². The second-order valence-corrected chi connectivity index (χ2v) is 9.42. The second kappa shape index (κ2) is 12.1. The number of carbonyl (C=O) groups excluding carboxylic acids is 1. The van der Waals surface area contributed by atoms with Crippen molar-refractivity contribution in [2.75, 3.05) is 43.5 Å². The number of halogens is 2. The van der Waals surface area contributed by atoms with Gasteiger partial charge in [0, 0.05) is 30.8 Å². The van der Waals surface area contributed by atoms with E-state index < -0.39 is 17.5 Å². The fraction of sp³-hybridized carbons (Fsp3) is 0.333. The standard InChI is InChI=1S/C27H29F2N7O3/c28-22-2-1-3-23(26(22)29)34-25(38)15-36-14-19(13-32-36)33-27-21-5-4-20(12-24(21)30-17-31-27)39-11-10-35-8-6-18(16-37)7-9-35/h1-5,12-14,17-18,37H,6-11,15-16H2,(H,34,38)(H,30,31,33). The Hall–Kier alpha value is -4.16. The summed E-state index contributed by atoms with van der Waals surface area (Å²) in [6.45, 7) is 3.40. The molecule has 0 unspecified atom stereocenters. The number of aliphatic hydroxyl groups excluding tert-OH is 1. The minimum absolute atomic E-state index is 0.192. The molecule has 1 aliphatic heterocycles. The Bertz CT molecular complexity index is 1440. The number of nitrogens with one attached hydrogen (secondary N) is 2. The molecule has 2 aromatic carbocycles. The lowest BCUT2D eigenvalue weighted by Crippen LogP contribution is -2.37. The van der Waals surface area contributed by atoms with Crippen molar-refractivity contribution in [1.29, 1.82) is 0 Å². The number of fused-ring (bicyclic) bond motifs is 1. The number of aromatic nitrogens is 4. The summed E-state index contributed by atoms with van der Waals surface area (Å²) in [6, 6.07) is 9.19. The van der Waals surface area contributed by atoms with Crippen molar-refractivity contribution in [2.45, 2.75) is 19.4 Å². The van der Waals surface area contributed by atoms with Crippen LogP contribution in [0, 0.1) is 17.6 Å². The molecule has 0 aliphatic carbocycles. The van der Waals surface area contributed by atoms with Crippen LogP contribution >= 0.6 is 0 Å². The van der Waals surface area contributed by atoms with Crippen molar-refractivity contribution in [3.63, 3.8) is 0 Å². The van der Waals surface area contributed by atoms with Crippen molar-refractivity contribution in [3.05, 3.63) is 66.8 Å². The van der Waals surface area contributed by atoms with E-state index in [9.17, 15) is 18.7 Å². The summed E-state index contributed by atoms with van der Waals surface area (Å²) in [7, 11) is 0. The number of piperidine rings is 1. The van der Waals surface area contributed by atoms with Gasteiger partial charge in [0.05, 0.1) is 23.1 Å². The number of ether oxygens (including phenoxy) is 1. The first-order valence-corrected chi connectivity index (χ1v) is 12.7. The van der Waals surface area contributed by atoms with E-state index in [0.29, 0.717) is 35.3 Å². The van der Waals surface area contributed by atoms with Gasteiger partial charge in [0.2, 0.25) is 5.91 Å². The molecular weight excluding hydrogens is 508 g/mol. The number of hydrogen-bond donors (Lipinski definition) is 3. The molecule has 204 valence electrons. The van der Waals surface area contributed by atoms with Crippen LogP contribution < -0.4 is 15.4 Å². The van der Waals surface area contributed by atoms with Crippen LogP contribution in [0.2, 0.25) is 0 Å². The number of amides is 1. The van der Waals surface area contributed by atoms with Gasteiger partial charge in [-0.25, -0.2) is 18.7 Å². The van der Waals surface area contributed by atoms with E-state index in [1.807, 2.05) is 18.2 Å². The Kier molecular flexibility index (Phi) is 8.23. The van der Waals surface area contributed by atoms with E-state index >= 15 is 0 Å². The number of benzene rings is 2. The summed E-state index contributed by atoms with van der Waals surface area (Å²) in [4.78, 5) is 23.3. The zero-order valence-electron chi connectivity index (χ0n) is 21.2. The maximum atomic E-state index is 13.8. The first-order valence-electron chi connectivity index (χ1n) is 12.7. The number of rotatable bonds is 10. The molecule has 1 aliphatic rings. The quantitative estimate of drug-likeness (QED) is 0.281.